The number of piperidine rings is 1. The number of benzene rings is 1. The molecule has 2 aromatic heterocycles. The predicted octanol–water partition coefficient (Wildman–Crippen LogP) is 5.58. The number of fused-ring (bicyclic) bond motifs is 1. The second-order valence-corrected chi connectivity index (χ2v) is 14.5. The van der Waals surface area contributed by atoms with E-state index in [0.29, 0.717) is 29.2 Å². The number of likely N-dealkylation sites (N-methyl/N-ethyl adjacent to an activating group) is 1. The Morgan fingerprint density at radius 2 is 1.67 bits per heavy atom. The molecule has 11 nitrogen and oxygen atoms in total. The van der Waals surface area contributed by atoms with Crippen LogP contribution in [-0.4, -0.2) is 112 Å². The maximum atomic E-state index is 14.8. The van der Waals surface area contributed by atoms with Gasteiger partial charge in [-0.25, -0.2) is 18.7 Å². The van der Waals surface area contributed by atoms with Crippen LogP contribution in [-0.2, 0) is 9.53 Å². The van der Waals surface area contributed by atoms with E-state index in [9.17, 15) is 13.6 Å². The van der Waals surface area contributed by atoms with Crippen LogP contribution in [0.15, 0.2) is 24.4 Å². The maximum Gasteiger partial charge on any atom is 0.225 e. The van der Waals surface area contributed by atoms with Gasteiger partial charge in [-0.15, -0.1) is 0 Å². The molecule has 0 spiro atoms. The number of piperazine rings is 1. The molecule has 2 N–H and O–H groups in total. The molecule has 4 aliphatic rings. The quantitative estimate of drug-likeness (QED) is 0.284. The normalized spacial score (nSPS) is 25.8. The molecule has 1 amide bonds. The lowest BCUT2D eigenvalue weighted by Gasteiger charge is -2.37. The van der Waals surface area contributed by atoms with Gasteiger partial charge in [-0.05, 0) is 96.5 Å². The third kappa shape index (κ3) is 8.32. The van der Waals surface area contributed by atoms with E-state index < -0.39 is 11.6 Å². The number of nitrogens with zero attached hydrogens (tertiary/aromatic N) is 7. The molecule has 2 saturated heterocycles. The number of anilines is 3. The Bertz CT molecular complexity index is 1560. The molecule has 49 heavy (non-hydrogen) atoms. The van der Waals surface area contributed by atoms with Crippen molar-refractivity contribution < 1.29 is 18.3 Å². The molecule has 2 saturated carbocycles. The minimum atomic E-state index is -0.695. The van der Waals surface area contributed by atoms with Gasteiger partial charge in [0.15, 0.2) is 5.65 Å². The lowest BCUT2D eigenvalue weighted by atomic mass is 9.85. The lowest BCUT2D eigenvalue weighted by molar-refractivity contribution is -0.138. The van der Waals surface area contributed by atoms with Crippen LogP contribution in [0.5, 0.6) is 0 Å². The summed E-state index contributed by atoms with van der Waals surface area (Å²) < 4.78 is 36.8. The van der Waals surface area contributed by atoms with Gasteiger partial charge in [0, 0.05) is 56.8 Å². The highest BCUT2D eigenvalue weighted by molar-refractivity contribution is 5.79. The number of rotatable bonds is 10. The number of imidazole rings is 1. The summed E-state index contributed by atoms with van der Waals surface area (Å²) in [5.41, 5.74) is 1.39. The van der Waals surface area contributed by atoms with Gasteiger partial charge in [-0.2, -0.15) is 4.98 Å². The summed E-state index contributed by atoms with van der Waals surface area (Å²) in [7, 11) is 2.09. The van der Waals surface area contributed by atoms with Crippen LogP contribution in [0.4, 0.5) is 26.4 Å². The van der Waals surface area contributed by atoms with E-state index in [2.05, 4.69) is 32.5 Å². The van der Waals surface area contributed by atoms with Crippen molar-refractivity contribution >= 4 is 34.7 Å². The van der Waals surface area contributed by atoms with Gasteiger partial charge >= 0.3 is 0 Å². The average Bonchev–Trinajstić information content (AvgIpc) is 3.48. The van der Waals surface area contributed by atoms with Gasteiger partial charge < -0.3 is 30.1 Å². The van der Waals surface area contributed by atoms with Crippen molar-refractivity contribution in [3.8, 4) is 0 Å². The first-order chi connectivity index (χ1) is 23.9. The SMILES string of the molecule is CN1CCN(C(=O)C2CCC(n3c(Nc4ccc(F)cc4F)nc4cnc(NC5CCC(OCCN6CCCCC6)CC5)nc43)CC2)CC1. The molecular weight excluding hydrogens is 628 g/mol. The summed E-state index contributed by atoms with van der Waals surface area (Å²) >= 11 is 0. The van der Waals surface area contributed by atoms with E-state index in [-0.39, 0.29) is 29.6 Å². The molecule has 3 aromatic rings. The zero-order chi connectivity index (χ0) is 33.7. The Hall–Kier alpha value is -3.42. The smallest absolute Gasteiger partial charge is 0.225 e. The standard InChI is InChI=1S/C36H51F2N9O2/c1-44-17-19-46(20-18-44)34(48)25-5-10-28(11-6-25)47-33-32(42-36(47)41-31-14-7-26(37)23-30(31)38)24-39-35(43-33)40-27-8-12-29(13-9-27)49-22-21-45-15-3-2-4-16-45/h7,14,23-25,27-29H,2-6,8-13,15-22H2,1H3,(H,41,42)(H,39,40,43). The fourth-order valence-corrected chi connectivity index (χ4v) is 8.06. The number of hydrogen-bond acceptors (Lipinski definition) is 9. The predicted molar refractivity (Wildman–Crippen MR) is 186 cm³/mol. The van der Waals surface area contributed by atoms with Gasteiger partial charge in [0.25, 0.3) is 0 Å². The fourth-order valence-electron chi connectivity index (χ4n) is 8.06. The van der Waals surface area contributed by atoms with Crippen LogP contribution in [0.3, 0.4) is 0 Å². The zero-order valence-corrected chi connectivity index (χ0v) is 28.8. The Morgan fingerprint density at radius 1 is 0.918 bits per heavy atom. The largest absolute Gasteiger partial charge is 0.377 e. The number of halogens is 2. The van der Waals surface area contributed by atoms with E-state index in [0.717, 1.165) is 96.8 Å². The number of amides is 1. The fraction of sp³-hybridized carbons (Fsp3) is 0.667. The van der Waals surface area contributed by atoms with Crippen LogP contribution in [0, 0.1) is 17.6 Å². The number of carbonyl (C=O) groups is 1. The number of aromatic nitrogens is 4. The molecule has 0 atom stereocenters. The van der Waals surface area contributed by atoms with Gasteiger partial charge in [0.1, 0.15) is 17.2 Å². The Balaban J connectivity index is 1.03. The molecule has 0 bridgehead atoms. The number of carbonyl (C=O) groups excluding carboxylic acids is 1. The van der Waals surface area contributed by atoms with Gasteiger partial charge in [0.2, 0.25) is 17.8 Å². The minimum absolute atomic E-state index is 0.00359. The summed E-state index contributed by atoms with van der Waals surface area (Å²) in [4.78, 5) is 34.5. The van der Waals surface area contributed by atoms with Crippen molar-refractivity contribution in [3.05, 3.63) is 36.0 Å². The van der Waals surface area contributed by atoms with Crippen LogP contribution in [0.2, 0.25) is 0 Å². The molecule has 4 heterocycles. The summed E-state index contributed by atoms with van der Waals surface area (Å²) in [6, 6.07) is 3.72. The van der Waals surface area contributed by atoms with E-state index in [1.54, 1.807) is 6.20 Å². The molecule has 266 valence electrons. The average molecular weight is 680 g/mol. The van der Waals surface area contributed by atoms with Gasteiger partial charge in [-0.3, -0.25) is 9.36 Å². The zero-order valence-electron chi connectivity index (χ0n) is 28.8. The van der Waals surface area contributed by atoms with Crippen LogP contribution in [0.1, 0.15) is 76.7 Å². The first kappa shape index (κ1) is 34.0. The monoisotopic (exact) mass is 679 g/mol. The molecule has 0 radical (unpaired) electrons. The highest BCUT2D eigenvalue weighted by atomic mass is 19.1. The van der Waals surface area contributed by atoms with Crippen molar-refractivity contribution in [1.82, 2.24) is 34.2 Å². The molecular formula is C36H51F2N9O2. The molecule has 1 aromatic carbocycles. The number of ether oxygens (including phenoxy) is 1. The van der Waals surface area contributed by atoms with E-state index in [4.69, 9.17) is 14.7 Å². The highest BCUT2D eigenvalue weighted by Gasteiger charge is 2.33. The first-order valence-electron chi connectivity index (χ1n) is 18.4. The molecule has 4 fully saturated rings. The summed E-state index contributed by atoms with van der Waals surface area (Å²) in [6.07, 6.45) is 13.0. The first-order valence-corrected chi connectivity index (χ1v) is 18.4. The van der Waals surface area contributed by atoms with E-state index in [1.165, 1.54) is 44.5 Å². The van der Waals surface area contributed by atoms with Gasteiger partial charge in [-0.1, -0.05) is 6.42 Å². The molecule has 7 rings (SSSR count). The van der Waals surface area contributed by atoms with Crippen molar-refractivity contribution in [2.75, 3.05) is 70.1 Å². The topological polar surface area (TPSA) is 104 Å². The lowest BCUT2D eigenvalue weighted by Crippen LogP contribution is -2.49. The number of nitrogens with one attached hydrogen (secondary N) is 2. The second-order valence-electron chi connectivity index (χ2n) is 14.5. The third-order valence-corrected chi connectivity index (χ3v) is 11.1. The van der Waals surface area contributed by atoms with Crippen LogP contribution < -0.4 is 10.6 Å². The van der Waals surface area contributed by atoms with Crippen molar-refractivity contribution in [2.24, 2.45) is 5.92 Å². The Kier molecular flexibility index (Phi) is 10.9. The Labute approximate surface area is 287 Å². The molecule has 0 unspecified atom stereocenters. The van der Waals surface area contributed by atoms with Crippen molar-refractivity contribution in [1.29, 1.82) is 0 Å². The molecule has 2 aliphatic carbocycles. The second kappa shape index (κ2) is 15.6. The van der Waals surface area contributed by atoms with E-state index in [1.807, 2.05) is 9.47 Å². The maximum absolute atomic E-state index is 14.8. The summed E-state index contributed by atoms with van der Waals surface area (Å²) in [6.45, 7) is 7.58. The third-order valence-electron chi connectivity index (χ3n) is 11.1. The number of likely N-dealkylation sites (tertiary alicyclic amines) is 1. The minimum Gasteiger partial charge on any atom is -0.377 e. The van der Waals surface area contributed by atoms with Crippen molar-refractivity contribution in [2.45, 2.75) is 88.8 Å². The summed E-state index contributed by atoms with van der Waals surface area (Å²) in [5, 5.41) is 6.68. The van der Waals surface area contributed by atoms with Crippen LogP contribution >= 0.6 is 0 Å². The van der Waals surface area contributed by atoms with Crippen molar-refractivity contribution in [3.63, 3.8) is 0 Å². The number of hydrogen-bond donors (Lipinski definition) is 2. The molecule has 2 aliphatic heterocycles. The van der Waals surface area contributed by atoms with E-state index >= 15 is 0 Å². The van der Waals surface area contributed by atoms with Gasteiger partial charge in [0.05, 0.1) is 24.6 Å². The summed E-state index contributed by atoms with van der Waals surface area (Å²) in [5.74, 6) is -0.107. The molecule has 13 heteroatoms. The van der Waals surface area contributed by atoms with Crippen LogP contribution in [0.25, 0.3) is 11.2 Å². The Morgan fingerprint density at radius 3 is 2.41 bits per heavy atom. The highest BCUT2D eigenvalue weighted by Crippen LogP contribution is 2.38.